The van der Waals surface area contributed by atoms with Crippen LogP contribution in [0, 0.1) is 0 Å². The minimum atomic E-state index is 0.481. The SMILES string of the molecule is CCn1ncc2c1CCC[C@@H]2NCc1ccsc1. The van der Waals surface area contributed by atoms with Gasteiger partial charge in [0.25, 0.3) is 0 Å². The van der Waals surface area contributed by atoms with Gasteiger partial charge in [0.1, 0.15) is 0 Å². The fourth-order valence-corrected chi connectivity index (χ4v) is 3.41. The number of hydrogen-bond donors (Lipinski definition) is 1. The van der Waals surface area contributed by atoms with Gasteiger partial charge in [0.2, 0.25) is 0 Å². The monoisotopic (exact) mass is 261 g/mol. The van der Waals surface area contributed by atoms with Gasteiger partial charge in [-0.15, -0.1) is 0 Å². The van der Waals surface area contributed by atoms with Crippen LogP contribution in [0.3, 0.4) is 0 Å². The van der Waals surface area contributed by atoms with Gasteiger partial charge in [0, 0.05) is 30.4 Å². The summed E-state index contributed by atoms with van der Waals surface area (Å²) < 4.78 is 2.15. The van der Waals surface area contributed by atoms with Gasteiger partial charge in [0.05, 0.1) is 6.20 Å². The van der Waals surface area contributed by atoms with Crippen LogP contribution in [0.1, 0.15) is 42.6 Å². The van der Waals surface area contributed by atoms with Crippen molar-refractivity contribution in [1.82, 2.24) is 15.1 Å². The number of aromatic nitrogens is 2. The van der Waals surface area contributed by atoms with E-state index in [0.717, 1.165) is 13.1 Å². The van der Waals surface area contributed by atoms with Crippen molar-refractivity contribution in [2.45, 2.75) is 45.3 Å². The third kappa shape index (κ3) is 2.22. The topological polar surface area (TPSA) is 29.9 Å². The van der Waals surface area contributed by atoms with Crippen molar-refractivity contribution in [1.29, 1.82) is 0 Å². The Bertz CT molecular complexity index is 501. The number of fused-ring (bicyclic) bond motifs is 1. The third-order valence-electron chi connectivity index (χ3n) is 3.70. The normalized spacial score (nSPS) is 18.8. The number of nitrogens with one attached hydrogen (secondary N) is 1. The maximum absolute atomic E-state index is 4.49. The molecule has 1 aliphatic rings. The van der Waals surface area contributed by atoms with Crippen molar-refractivity contribution in [2.24, 2.45) is 0 Å². The molecule has 0 bridgehead atoms. The third-order valence-corrected chi connectivity index (χ3v) is 4.43. The van der Waals surface area contributed by atoms with E-state index in [1.54, 1.807) is 11.3 Å². The Balaban J connectivity index is 1.73. The minimum Gasteiger partial charge on any atom is -0.306 e. The van der Waals surface area contributed by atoms with E-state index >= 15 is 0 Å². The van der Waals surface area contributed by atoms with E-state index in [9.17, 15) is 0 Å². The van der Waals surface area contributed by atoms with Crippen LogP contribution in [0.2, 0.25) is 0 Å². The van der Waals surface area contributed by atoms with E-state index in [4.69, 9.17) is 0 Å². The fourth-order valence-electron chi connectivity index (χ4n) is 2.74. The van der Waals surface area contributed by atoms with Crippen LogP contribution < -0.4 is 5.32 Å². The molecule has 0 radical (unpaired) electrons. The lowest BCUT2D eigenvalue weighted by atomic mass is 9.93. The lowest BCUT2D eigenvalue weighted by Crippen LogP contribution is -2.24. The number of rotatable bonds is 4. The predicted molar refractivity (Wildman–Crippen MR) is 74.7 cm³/mol. The zero-order valence-electron chi connectivity index (χ0n) is 10.7. The molecule has 96 valence electrons. The summed E-state index contributed by atoms with van der Waals surface area (Å²) in [6, 6.07) is 2.67. The van der Waals surface area contributed by atoms with E-state index in [1.165, 1.54) is 36.1 Å². The largest absolute Gasteiger partial charge is 0.306 e. The highest BCUT2D eigenvalue weighted by Crippen LogP contribution is 2.29. The molecular formula is C14H19N3S. The molecule has 2 heterocycles. The number of aryl methyl sites for hydroxylation is 1. The molecule has 3 rings (SSSR count). The van der Waals surface area contributed by atoms with Crippen LogP contribution in [0.15, 0.2) is 23.0 Å². The zero-order valence-corrected chi connectivity index (χ0v) is 11.5. The molecule has 2 aromatic heterocycles. The molecule has 18 heavy (non-hydrogen) atoms. The molecule has 0 spiro atoms. The Morgan fingerprint density at radius 3 is 3.28 bits per heavy atom. The first-order valence-electron chi connectivity index (χ1n) is 6.67. The highest BCUT2D eigenvalue weighted by Gasteiger charge is 2.23. The van der Waals surface area contributed by atoms with Gasteiger partial charge in [-0.25, -0.2) is 0 Å². The first-order chi connectivity index (χ1) is 8.88. The van der Waals surface area contributed by atoms with E-state index in [-0.39, 0.29) is 0 Å². The fraction of sp³-hybridized carbons (Fsp3) is 0.500. The molecule has 0 aromatic carbocycles. The average Bonchev–Trinajstić information content (AvgIpc) is 3.05. The Morgan fingerprint density at radius 1 is 1.56 bits per heavy atom. The summed E-state index contributed by atoms with van der Waals surface area (Å²) in [5.41, 5.74) is 4.24. The van der Waals surface area contributed by atoms with Gasteiger partial charge in [0.15, 0.2) is 0 Å². The summed E-state index contributed by atoms with van der Waals surface area (Å²) in [6.07, 6.45) is 5.73. The summed E-state index contributed by atoms with van der Waals surface area (Å²) in [6.45, 7) is 4.10. The molecule has 2 aromatic rings. The summed E-state index contributed by atoms with van der Waals surface area (Å²) in [5, 5.41) is 12.5. The van der Waals surface area contributed by atoms with Crippen molar-refractivity contribution in [3.05, 3.63) is 39.8 Å². The number of thiophene rings is 1. The van der Waals surface area contributed by atoms with Gasteiger partial charge in [-0.2, -0.15) is 16.4 Å². The predicted octanol–water partition coefficient (Wildman–Crippen LogP) is 3.13. The first-order valence-corrected chi connectivity index (χ1v) is 7.61. The maximum Gasteiger partial charge on any atom is 0.0540 e. The zero-order chi connectivity index (χ0) is 12.4. The van der Waals surface area contributed by atoms with Crippen molar-refractivity contribution in [3.8, 4) is 0 Å². The molecule has 0 unspecified atom stereocenters. The molecule has 1 aliphatic carbocycles. The highest BCUT2D eigenvalue weighted by atomic mass is 32.1. The van der Waals surface area contributed by atoms with Crippen LogP contribution >= 0.6 is 11.3 Å². The van der Waals surface area contributed by atoms with Gasteiger partial charge in [-0.05, 0) is 48.6 Å². The van der Waals surface area contributed by atoms with Crippen molar-refractivity contribution in [2.75, 3.05) is 0 Å². The Kier molecular flexibility index (Phi) is 3.48. The smallest absolute Gasteiger partial charge is 0.0540 e. The molecule has 0 saturated carbocycles. The lowest BCUT2D eigenvalue weighted by molar-refractivity contribution is 0.448. The Morgan fingerprint density at radius 2 is 2.50 bits per heavy atom. The molecule has 0 aliphatic heterocycles. The van der Waals surface area contributed by atoms with Gasteiger partial charge in [-0.1, -0.05) is 0 Å². The second kappa shape index (κ2) is 5.24. The van der Waals surface area contributed by atoms with Crippen molar-refractivity contribution >= 4 is 11.3 Å². The van der Waals surface area contributed by atoms with Crippen LogP contribution in [0.25, 0.3) is 0 Å². The van der Waals surface area contributed by atoms with Crippen LogP contribution in [-0.4, -0.2) is 9.78 Å². The lowest BCUT2D eigenvalue weighted by Gasteiger charge is -2.24. The molecule has 3 nitrogen and oxygen atoms in total. The molecule has 1 atom stereocenters. The molecule has 0 fully saturated rings. The second-order valence-corrected chi connectivity index (χ2v) is 5.60. The van der Waals surface area contributed by atoms with E-state index in [2.05, 4.69) is 45.0 Å². The van der Waals surface area contributed by atoms with Gasteiger partial charge in [-0.3, -0.25) is 4.68 Å². The summed E-state index contributed by atoms with van der Waals surface area (Å²) in [4.78, 5) is 0. The summed E-state index contributed by atoms with van der Waals surface area (Å²) in [7, 11) is 0. The standard InChI is InChI=1S/C14H19N3S/c1-2-17-14-5-3-4-13(12(14)9-16-17)15-8-11-6-7-18-10-11/h6-7,9-10,13,15H,2-5,8H2,1H3/t13-/m0/s1. The molecule has 4 heteroatoms. The summed E-state index contributed by atoms with van der Waals surface area (Å²) in [5.74, 6) is 0. The number of hydrogen-bond acceptors (Lipinski definition) is 3. The van der Waals surface area contributed by atoms with E-state index in [1.807, 2.05) is 0 Å². The molecule has 0 amide bonds. The van der Waals surface area contributed by atoms with Gasteiger partial charge < -0.3 is 5.32 Å². The maximum atomic E-state index is 4.49. The van der Waals surface area contributed by atoms with Crippen LogP contribution in [0.5, 0.6) is 0 Å². The Labute approximate surface area is 112 Å². The highest BCUT2D eigenvalue weighted by molar-refractivity contribution is 7.07. The molecule has 0 saturated heterocycles. The summed E-state index contributed by atoms with van der Waals surface area (Å²) >= 11 is 1.76. The minimum absolute atomic E-state index is 0.481. The van der Waals surface area contributed by atoms with Crippen LogP contribution in [-0.2, 0) is 19.5 Å². The second-order valence-electron chi connectivity index (χ2n) is 4.82. The van der Waals surface area contributed by atoms with Crippen molar-refractivity contribution in [3.63, 3.8) is 0 Å². The van der Waals surface area contributed by atoms with Crippen molar-refractivity contribution < 1.29 is 0 Å². The molecular weight excluding hydrogens is 242 g/mol. The van der Waals surface area contributed by atoms with Crippen LogP contribution in [0.4, 0.5) is 0 Å². The quantitative estimate of drug-likeness (QED) is 0.916. The van der Waals surface area contributed by atoms with E-state index in [0.29, 0.717) is 6.04 Å². The van der Waals surface area contributed by atoms with Gasteiger partial charge >= 0.3 is 0 Å². The van der Waals surface area contributed by atoms with E-state index < -0.39 is 0 Å². The molecule has 1 N–H and O–H groups in total. The average molecular weight is 261 g/mol. The number of nitrogens with zero attached hydrogens (tertiary/aromatic N) is 2. The first kappa shape index (κ1) is 11.9. The Hall–Kier alpha value is -1.13.